The number of amides is 2. The molecule has 0 spiro atoms. The van der Waals surface area contributed by atoms with Gasteiger partial charge in [0.2, 0.25) is 11.7 Å². The average molecular weight is 771 g/mol. The van der Waals surface area contributed by atoms with Gasteiger partial charge in [-0.1, -0.05) is 42.3 Å². The zero-order chi connectivity index (χ0) is 37.6. The topological polar surface area (TPSA) is 169 Å². The largest absolute Gasteiger partial charge is 0.504 e. The van der Waals surface area contributed by atoms with E-state index in [1.165, 1.54) is 23.4 Å². The second-order valence-electron chi connectivity index (χ2n) is 12.3. The standard InChI is InChI=1S/C34H31Cl2F2N9O6/c1-3-23-27(44-8-10-45(11-9-44)31(50)26-28(49)17(2)39-16-40-26)32(51)47-34(42-30(43-47)18-4-5-19-14-52-15-20(19)12-18)46(23)13-24(48)41-22-7-6-21(35)29(25(22)36)53-33(37)38/h4-7,12,16,33,49H,3,8-11,13-15H2,1-2H3,(H,41,48). The summed E-state index contributed by atoms with van der Waals surface area (Å²) in [7, 11) is 0. The maximum Gasteiger partial charge on any atom is 0.387 e. The first-order valence-electron chi connectivity index (χ1n) is 16.4. The number of aryl methyl sites for hydroxylation is 1. The summed E-state index contributed by atoms with van der Waals surface area (Å²) >= 11 is 12.3. The van der Waals surface area contributed by atoms with Gasteiger partial charge < -0.3 is 34.3 Å². The van der Waals surface area contributed by atoms with Gasteiger partial charge >= 0.3 is 6.61 Å². The van der Waals surface area contributed by atoms with Crippen LogP contribution >= 0.6 is 23.2 Å². The fourth-order valence-electron chi connectivity index (χ4n) is 6.43. The number of hydrogen-bond donors (Lipinski definition) is 2. The second-order valence-corrected chi connectivity index (χ2v) is 13.0. The molecule has 2 aliphatic heterocycles. The molecule has 0 unspecified atom stereocenters. The third-order valence-electron chi connectivity index (χ3n) is 9.06. The van der Waals surface area contributed by atoms with Crippen molar-refractivity contribution in [3.05, 3.63) is 85.3 Å². The van der Waals surface area contributed by atoms with Crippen LogP contribution in [0.1, 0.15) is 39.9 Å². The van der Waals surface area contributed by atoms with Crippen LogP contribution in [-0.4, -0.2) is 83.7 Å². The quantitative estimate of drug-likeness (QED) is 0.217. The van der Waals surface area contributed by atoms with Crippen molar-refractivity contribution < 1.29 is 33.0 Å². The smallest absolute Gasteiger partial charge is 0.387 e. The number of aromatic nitrogens is 6. The molecule has 53 heavy (non-hydrogen) atoms. The normalized spacial score (nSPS) is 14.2. The van der Waals surface area contributed by atoms with Crippen molar-refractivity contribution in [3.8, 4) is 22.9 Å². The van der Waals surface area contributed by atoms with Crippen molar-refractivity contribution in [1.29, 1.82) is 0 Å². The van der Waals surface area contributed by atoms with E-state index < -0.39 is 29.7 Å². The van der Waals surface area contributed by atoms with Crippen LogP contribution in [0.5, 0.6) is 11.5 Å². The maximum atomic E-state index is 14.3. The molecule has 5 heterocycles. The summed E-state index contributed by atoms with van der Waals surface area (Å²) in [6, 6.07) is 8.26. The van der Waals surface area contributed by atoms with E-state index in [4.69, 9.17) is 32.9 Å². The van der Waals surface area contributed by atoms with Crippen molar-refractivity contribution in [3.63, 3.8) is 0 Å². The van der Waals surface area contributed by atoms with E-state index in [9.17, 15) is 28.3 Å². The van der Waals surface area contributed by atoms with Gasteiger partial charge in [-0.05, 0) is 42.7 Å². The Morgan fingerprint density at radius 3 is 2.57 bits per heavy atom. The van der Waals surface area contributed by atoms with E-state index >= 15 is 0 Å². The average Bonchev–Trinajstić information content (AvgIpc) is 3.81. The van der Waals surface area contributed by atoms with E-state index in [1.807, 2.05) is 30.0 Å². The van der Waals surface area contributed by atoms with Crippen LogP contribution in [-0.2, 0) is 35.7 Å². The Morgan fingerprint density at radius 1 is 1.08 bits per heavy atom. The Hall–Kier alpha value is -5.39. The predicted molar refractivity (Wildman–Crippen MR) is 189 cm³/mol. The van der Waals surface area contributed by atoms with Crippen molar-refractivity contribution in [2.24, 2.45) is 0 Å². The number of carbonyl (C=O) groups is 2. The first-order valence-corrected chi connectivity index (χ1v) is 17.2. The van der Waals surface area contributed by atoms with Gasteiger partial charge in [-0.25, -0.2) is 9.97 Å². The van der Waals surface area contributed by atoms with E-state index in [1.54, 1.807) is 11.5 Å². The fraction of sp³-hybridized carbons (Fsp3) is 0.324. The molecule has 19 heteroatoms. The van der Waals surface area contributed by atoms with E-state index in [0.29, 0.717) is 24.5 Å². The molecule has 276 valence electrons. The molecule has 5 aromatic rings. The monoisotopic (exact) mass is 769 g/mol. The number of ether oxygens (including phenoxy) is 2. The first-order chi connectivity index (χ1) is 25.4. The molecule has 1 fully saturated rings. The summed E-state index contributed by atoms with van der Waals surface area (Å²) in [5, 5.41) is 17.1. The minimum absolute atomic E-state index is 0.0275. The summed E-state index contributed by atoms with van der Waals surface area (Å²) in [4.78, 5) is 57.3. The number of hydrogen-bond acceptors (Lipinski definition) is 11. The molecule has 0 radical (unpaired) electrons. The third-order valence-corrected chi connectivity index (χ3v) is 9.74. The molecule has 0 saturated carbocycles. The van der Waals surface area contributed by atoms with Crippen LogP contribution in [0, 0.1) is 6.92 Å². The molecule has 2 aliphatic rings. The lowest BCUT2D eigenvalue weighted by Crippen LogP contribution is -2.51. The van der Waals surface area contributed by atoms with Gasteiger partial charge in [0.05, 0.1) is 35.3 Å². The van der Waals surface area contributed by atoms with Gasteiger partial charge in [-0.15, -0.1) is 5.10 Å². The highest BCUT2D eigenvalue weighted by Crippen LogP contribution is 2.39. The number of anilines is 2. The lowest BCUT2D eigenvalue weighted by atomic mass is 10.1. The zero-order valence-corrected chi connectivity index (χ0v) is 29.8. The molecule has 2 aromatic carbocycles. The molecule has 3 aromatic heterocycles. The van der Waals surface area contributed by atoms with E-state index in [2.05, 4.69) is 25.1 Å². The maximum absolute atomic E-state index is 14.3. The highest BCUT2D eigenvalue weighted by Gasteiger charge is 2.31. The molecule has 0 aliphatic carbocycles. The van der Waals surface area contributed by atoms with Crippen molar-refractivity contribution in [2.75, 3.05) is 36.4 Å². The molecule has 0 bridgehead atoms. The number of aromatic hydroxyl groups is 1. The molecule has 15 nitrogen and oxygen atoms in total. The zero-order valence-electron chi connectivity index (χ0n) is 28.3. The molecular weight excluding hydrogens is 739 g/mol. The number of piperazine rings is 1. The van der Waals surface area contributed by atoms with Gasteiger partial charge in [-0.3, -0.25) is 14.4 Å². The second kappa shape index (κ2) is 14.6. The number of alkyl halides is 2. The molecule has 1 saturated heterocycles. The Labute approximate surface area is 309 Å². The SMILES string of the molecule is CCc1c(N2CCN(C(=O)c3ncnc(C)c3O)CC2)c(=O)n2nc(-c3ccc4c(c3)COC4)nc2n1CC(=O)Nc1ccc(Cl)c(OC(F)F)c1Cl. The number of rotatable bonds is 9. The highest BCUT2D eigenvalue weighted by atomic mass is 35.5. The summed E-state index contributed by atoms with van der Waals surface area (Å²) in [6.07, 6.45) is 1.49. The Bertz CT molecular complexity index is 2330. The van der Waals surface area contributed by atoms with Crippen LogP contribution in [0.2, 0.25) is 10.0 Å². The van der Waals surface area contributed by atoms with Crippen LogP contribution < -0.4 is 20.5 Å². The van der Waals surface area contributed by atoms with Gasteiger partial charge in [0.25, 0.3) is 11.5 Å². The van der Waals surface area contributed by atoms with E-state index in [0.717, 1.165) is 15.6 Å². The van der Waals surface area contributed by atoms with Crippen LogP contribution in [0.15, 0.2) is 41.5 Å². The minimum atomic E-state index is -3.21. The predicted octanol–water partition coefficient (Wildman–Crippen LogP) is 4.46. The van der Waals surface area contributed by atoms with Gasteiger partial charge in [0.15, 0.2) is 23.0 Å². The minimum Gasteiger partial charge on any atom is -0.504 e. The van der Waals surface area contributed by atoms with Gasteiger partial charge in [0, 0.05) is 31.7 Å². The summed E-state index contributed by atoms with van der Waals surface area (Å²) in [5.74, 6) is -1.56. The summed E-state index contributed by atoms with van der Waals surface area (Å²) in [6.45, 7) is 1.57. The first kappa shape index (κ1) is 36.0. The Morgan fingerprint density at radius 2 is 1.83 bits per heavy atom. The van der Waals surface area contributed by atoms with Crippen molar-refractivity contribution in [1.82, 2.24) is 34.0 Å². The number of nitrogens with zero attached hydrogens (tertiary/aromatic N) is 8. The number of fused-ring (bicyclic) bond motifs is 2. The van der Waals surface area contributed by atoms with E-state index in [-0.39, 0.29) is 89.3 Å². The number of carbonyl (C=O) groups excluding carboxylic acids is 2. The molecular formula is C34H31Cl2F2N9O6. The molecule has 2 N–H and O–H groups in total. The third kappa shape index (κ3) is 6.82. The number of halogens is 4. The van der Waals surface area contributed by atoms with Gasteiger partial charge in [0.1, 0.15) is 23.6 Å². The number of nitrogens with one attached hydrogen (secondary N) is 1. The number of benzene rings is 2. The lowest BCUT2D eigenvalue weighted by Gasteiger charge is -2.36. The lowest BCUT2D eigenvalue weighted by molar-refractivity contribution is -0.116. The Kier molecular flexibility index (Phi) is 9.89. The summed E-state index contributed by atoms with van der Waals surface area (Å²) < 4.78 is 38.9. The van der Waals surface area contributed by atoms with Crippen LogP contribution in [0.4, 0.5) is 20.2 Å². The van der Waals surface area contributed by atoms with Crippen molar-refractivity contribution >= 4 is 52.2 Å². The molecule has 2 amide bonds. The Balaban J connectivity index is 1.26. The molecule has 7 rings (SSSR count). The summed E-state index contributed by atoms with van der Waals surface area (Å²) in [5.41, 5.74) is 3.03. The highest BCUT2D eigenvalue weighted by molar-refractivity contribution is 6.39. The van der Waals surface area contributed by atoms with Crippen molar-refractivity contribution in [2.45, 2.75) is 46.6 Å². The van der Waals surface area contributed by atoms with Crippen LogP contribution in [0.3, 0.4) is 0 Å². The van der Waals surface area contributed by atoms with Crippen LogP contribution in [0.25, 0.3) is 17.2 Å². The van der Waals surface area contributed by atoms with Gasteiger partial charge in [-0.2, -0.15) is 18.3 Å². The fourth-order valence-corrected chi connectivity index (χ4v) is 6.94. The molecule has 0 atom stereocenters.